The number of carboxylic acid groups (broad SMARTS) is 1. The van der Waals surface area contributed by atoms with Gasteiger partial charge in [0.25, 0.3) is 12.0 Å². The number of rotatable bonds is 10. The highest BCUT2D eigenvalue weighted by Crippen LogP contribution is 2.34. The number of terminal acetylenes is 1. The third-order valence-electron chi connectivity index (χ3n) is 8.90. The predicted molar refractivity (Wildman–Crippen MR) is 220 cm³/mol. The Labute approximate surface area is 318 Å². The highest BCUT2D eigenvalue weighted by Gasteiger charge is 2.50. The summed E-state index contributed by atoms with van der Waals surface area (Å²) in [7, 11) is 0. The second-order valence-electron chi connectivity index (χ2n) is 12.8. The Hall–Kier alpha value is -3.13. The van der Waals surface area contributed by atoms with Crippen LogP contribution in [0.3, 0.4) is 0 Å². The summed E-state index contributed by atoms with van der Waals surface area (Å²) < 4.78 is 12.0. The van der Waals surface area contributed by atoms with Crippen LogP contribution in [-0.4, -0.2) is 65.3 Å². The number of carbonyl (C=O) groups is 1. The molecule has 2 aliphatic rings. The summed E-state index contributed by atoms with van der Waals surface area (Å²) in [6.45, 7) is 28.4. The Bertz CT molecular complexity index is 1290. The zero-order valence-electron chi connectivity index (χ0n) is 33.3. The standard InChI is InChI=1S/C12H15BrN2O3.C11H18N2.C7H14.C6H14.C4H6.CH2O2/c1-8-12(6-17-7-12)18-3-2-15(8)10-4-9(13)5-14-11(10)16;1-4-9(2)10(3)13-8-11-6-5-7-12-11;1-5-7(4)6(2)3;1-3-5-6-4-2;1-3-4-2;2-1-3/h4-5,8H,2-3,6-7H2,1H3,(H,14,16);5-7,9,12H,4,8H2,1-3H3;7H,2,5H2,1,3-4H3;3-6H2,1-2H3;1H,4H2,2H3;1H,(H,2,3). The molecule has 0 saturated carbocycles. The average Bonchev–Trinajstić information content (AvgIpc) is 3.64. The normalized spacial score (nSPS) is 16.5. The van der Waals surface area contributed by atoms with Gasteiger partial charge in [-0.3, -0.25) is 14.6 Å². The lowest BCUT2D eigenvalue weighted by Crippen LogP contribution is -2.68. The number of nitrogens with zero attached hydrogens (tertiary/aromatic N) is 2. The van der Waals surface area contributed by atoms with Gasteiger partial charge in [0, 0.05) is 41.2 Å². The van der Waals surface area contributed by atoms with Crippen LogP contribution in [0.2, 0.25) is 0 Å². The Morgan fingerprint density at radius 3 is 2.12 bits per heavy atom. The number of ether oxygens (including phenoxy) is 2. The summed E-state index contributed by atoms with van der Waals surface area (Å²) in [5.41, 5.74) is 4.10. The van der Waals surface area contributed by atoms with E-state index >= 15 is 0 Å². The molecule has 2 aromatic heterocycles. The molecule has 10 heteroatoms. The maximum absolute atomic E-state index is 11.9. The van der Waals surface area contributed by atoms with Crippen molar-refractivity contribution in [3.63, 3.8) is 0 Å². The lowest BCUT2D eigenvalue weighted by Gasteiger charge is -2.53. The molecule has 2 aliphatic heterocycles. The lowest BCUT2D eigenvalue weighted by molar-refractivity contribution is -0.228. The molecule has 3 unspecified atom stereocenters. The van der Waals surface area contributed by atoms with E-state index in [-0.39, 0.29) is 23.7 Å². The minimum atomic E-state index is -0.250. The van der Waals surface area contributed by atoms with E-state index in [0.29, 0.717) is 37.3 Å². The number of halogens is 1. The fourth-order valence-corrected chi connectivity index (χ4v) is 4.87. The van der Waals surface area contributed by atoms with E-state index in [1.165, 1.54) is 55.5 Å². The van der Waals surface area contributed by atoms with E-state index < -0.39 is 0 Å². The van der Waals surface area contributed by atoms with Gasteiger partial charge in [-0.1, -0.05) is 86.3 Å². The first-order valence-electron chi connectivity index (χ1n) is 18.5. The first-order valence-corrected chi connectivity index (χ1v) is 19.2. The van der Waals surface area contributed by atoms with E-state index in [0.717, 1.165) is 24.0 Å². The number of allylic oxidation sites excluding steroid dienone is 1. The Morgan fingerprint density at radius 2 is 1.73 bits per heavy atom. The van der Waals surface area contributed by atoms with Crippen molar-refractivity contribution >= 4 is 33.8 Å². The highest BCUT2D eigenvalue weighted by molar-refractivity contribution is 9.10. The summed E-state index contributed by atoms with van der Waals surface area (Å²) in [4.78, 5) is 32.8. The van der Waals surface area contributed by atoms with Crippen LogP contribution in [0.1, 0.15) is 120 Å². The number of hydrogen-bond donors (Lipinski definition) is 3. The number of pyridine rings is 1. The van der Waals surface area contributed by atoms with Crippen LogP contribution in [-0.2, 0) is 20.8 Å². The first-order chi connectivity index (χ1) is 24.3. The van der Waals surface area contributed by atoms with Gasteiger partial charge in [0.05, 0.1) is 32.4 Å². The van der Waals surface area contributed by atoms with Crippen molar-refractivity contribution in [2.75, 3.05) is 31.3 Å². The van der Waals surface area contributed by atoms with Crippen molar-refractivity contribution in [1.82, 2.24) is 9.97 Å². The van der Waals surface area contributed by atoms with Crippen molar-refractivity contribution in [2.45, 2.75) is 132 Å². The number of unbranched alkanes of at least 4 members (excludes halogenated alkanes) is 3. The summed E-state index contributed by atoms with van der Waals surface area (Å²) in [6.07, 6.45) is 17.1. The van der Waals surface area contributed by atoms with Crippen molar-refractivity contribution < 1.29 is 19.4 Å². The minimum absolute atomic E-state index is 0.0673. The van der Waals surface area contributed by atoms with Crippen molar-refractivity contribution in [3.8, 4) is 12.3 Å². The molecule has 0 aliphatic carbocycles. The lowest BCUT2D eigenvalue weighted by atomic mass is 9.90. The smallest absolute Gasteiger partial charge is 0.290 e. The van der Waals surface area contributed by atoms with E-state index in [1.54, 1.807) is 6.20 Å². The van der Waals surface area contributed by atoms with Crippen molar-refractivity contribution in [1.29, 1.82) is 0 Å². The Balaban J connectivity index is 0. The van der Waals surface area contributed by atoms with Crippen molar-refractivity contribution in [3.05, 3.63) is 63.3 Å². The van der Waals surface area contributed by atoms with Crippen LogP contribution in [0.4, 0.5) is 5.69 Å². The molecular formula is C41H69BrN4O5. The molecule has 2 aromatic rings. The van der Waals surface area contributed by atoms with Gasteiger partial charge in [0.2, 0.25) is 0 Å². The van der Waals surface area contributed by atoms with E-state index in [9.17, 15) is 4.79 Å². The molecular weight excluding hydrogens is 708 g/mol. The SMILES string of the molecule is C#CCC.C=C(C)C(C)CC.CC1N(c2cc(Br)c[nH]c2=O)CCOC12COC2.CCC(C)C(C)=NCc1ccc[nH]1.CCCCCC.O=CO. The van der Waals surface area contributed by atoms with Gasteiger partial charge in [-0.25, -0.2) is 0 Å². The third kappa shape index (κ3) is 21.1. The number of aliphatic imine (C=N–C) groups is 1. The number of hydrogen-bond acceptors (Lipinski definition) is 6. The van der Waals surface area contributed by atoms with E-state index in [4.69, 9.17) is 25.8 Å². The maximum Gasteiger partial charge on any atom is 0.290 e. The molecule has 4 heterocycles. The van der Waals surface area contributed by atoms with Crippen LogP contribution in [0, 0.1) is 24.2 Å². The van der Waals surface area contributed by atoms with E-state index in [1.807, 2.05) is 25.3 Å². The third-order valence-corrected chi connectivity index (χ3v) is 9.36. The molecule has 290 valence electrons. The molecule has 0 aromatic carbocycles. The molecule has 0 bridgehead atoms. The molecule has 9 nitrogen and oxygen atoms in total. The summed E-state index contributed by atoms with van der Waals surface area (Å²) in [5.74, 6) is 3.75. The molecule has 4 rings (SSSR count). The predicted octanol–water partition coefficient (Wildman–Crippen LogP) is 10.1. The summed E-state index contributed by atoms with van der Waals surface area (Å²) in [5, 5.41) is 6.89. The Kier molecular flexibility index (Phi) is 29.9. The molecule has 2 fully saturated rings. The first kappa shape index (κ1) is 50.0. The zero-order chi connectivity index (χ0) is 39.2. The van der Waals surface area contributed by atoms with Gasteiger partial charge in [-0.05, 0) is 79.6 Å². The minimum Gasteiger partial charge on any atom is -0.483 e. The molecule has 2 saturated heterocycles. The van der Waals surface area contributed by atoms with Gasteiger partial charge in [0.1, 0.15) is 11.3 Å². The molecule has 0 amide bonds. The monoisotopic (exact) mass is 776 g/mol. The average molecular weight is 778 g/mol. The number of aromatic amines is 2. The van der Waals surface area contributed by atoms with Crippen LogP contribution in [0.25, 0.3) is 0 Å². The van der Waals surface area contributed by atoms with Crippen molar-refractivity contribution in [2.24, 2.45) is 16.8 Å². The number of H-pyrrole nitrogens is 2. The molecule has 3 N–H and O–H groups in total. The number of anilines is 1. The summed E-state index contributed by atoms with van der Waals surface area (Å²) in [6, 6.07) is 6.06. The second kappa shape index (κ2) is 30.5. The summed E-state index contributed by atoms with van der Waals surface area (Å²) >= 11 is 3.39. The van der Waals surface area contributed by atoms with Gasteiger partial charge >= 0.3 is 0 Å². The molecule has 3 atom stereocenters. The number of aromatic nitrogens is 2. The molecule has 1 spiro atoms. The van der Waals surface area contributed by atoms with Gasteiger partial charge in [-0.15, -0.1) is 12.3 Å². The van der Waals surface area contributed by atoms with Crippen LogP contribution in [0.5, 0.6) is 0 Å². The van der Waals surface area contributed by atoms with Crippen LogP contribution >= 0.6 is 15.9 Å². The zero-order valence-corrected chi connectivity index (χ0v) is 34.9. The molecule has 51 heavy (non-hydrogen) atoms. The maximum atomic E-state index is 11.9. The van der Waals surface area contributed by atoms with Gasteiger partial charge < -0.3 is 29.4 Å². The number of nitrogens with one attached hydrogen (secondary N) is 2. The fourth-order valence-electron chi connectivity index (χ4n) is 4.54. The van der Waals surface area contributed by atoms with Gasteiger partial charge in [0.15, 0.2) is 0 Å². The van der Waals surface area contributed by atoms with Crippen LogP contribution in [0.15, 0.2) is 57.0 Å². The number of morpholine rings is 1. The topological polar surface area (TPSA) is 120 Å². The highest BCUT2D eigenvalue weighted by atomic mass is 79.9. The largest absolute Gasteiger partial charge is 0.483 e. The van der Waals surface area contributed by atoms with E-state index in [2.05, 4.69) is 117 Å². The Morgan fingerprint density at radius 1 is 1.16 bits per heavy atom. The van der Waals surface area contributed by atoms with Gasteiger partial charge in [-0.2, -0.15) is 0 Å². The fraction of sp³-hybridized carbons (Fsp3) is 0.634. The molecule has 0 radical (unpaired) electrons. The second-order valence-corrected chi connectivity index (χ2v) is 13.7. The quantitative estimate of drug-likeness (QED) is 0.0727. The van der Waals surface area contributed by atoms with Crippen LogP contribution < -0.4 is 10.5 Å².